The Hall–Kier alpha value is -2.53. The average molecular weight is 306 g/mol. The highest BCUT2D eigenvalue weighted by molar-refractivity contribution is 7.16. The lowest BCUT2D eigenvalue weighted by atomic mass is 9.92. The third-order valence-corrected chi connectivity index (χ3v) is 4.64. The molecule has 0 saturated carbocycles. The summed E-state index contributed by atoms with van der Waals surface area (Å²) >= 11 is 1.59. The summed E-state index contributed by atoms with van der Waals surface area (Å²) in [7, 11) is 0. The molecule has 22 heavy (non-hydrogen) atoms. The van der Waals surface area contributed by atoms with Crippen LogP contribution in [-0.4, -0.2) is 19.8 Å². The molecule has 0 spiro atoms. The third-order valence-electron chi connectivity index (χ3n) is 3.68. The molecule has 0 atom stereocenters. The number of fused-ring (bicyclic) bond motifs is 1. The lowest BCUT2D eigenvalue weighted by Gasteiger charge is -2.14. The lowest BCUT2D eigenvalue weighted by Crippen LogP contribution is -2.04. The van der Waals surface area contributed by atoms with Crippen LogP contribution in [0.25, 0.3) is 4.96 Å². The van der Waals surface area contributed by atoms with Crippen molar-refractivity contribution in [1.82, 2.24) is 19.8 Å². The van der Waals surface area contributed by atoms with Gasteiger partial charge in [-0.3, -0.25) is 0 Å². The standard InChI is InChI=1S/C17H14N4S/c1-12-18-19-17-21(12)20-16(22-17)15(13-8-4-2-5-9-13)14-10-6-3-7-11-14/h2-11,15H,1H3. The largest absolute Gasteiger partial charge is 0.234 e. The average Bonchev–Trinajstić information content (AvgIpc) is 3.12. The second-order valence-corrected chi connectivity index (χ2v) is 6.12. The molecular weight excluding hydrogens is 292 g/mol. The molecule has 5 heteroatoms. The summed E-state index contributed by atoms with van der Waals surface area (Å²) in [5.41, 5.74) is 2.47. The van der Waals surface area contributed by atoms with Crippen molar-refractivity contribution in [1.29, 1.82) is 0 Å². The van der Waals surface area contributed by atoms with E-state index in [2.05, 4.69) is 58.7 Å². The molecule has 0 radical (unpaired) electrons. The number of aromatic nitrogens is 4. The van der Waals surface area contributed by atoms with Crippen LogP contribution in [0.15, 0.2) is 60.7 Å². The minimum Gasteiger partial charge on any atom is -0.188 e. The van der Waals surface area contributed by atoms with E-state index in [4.69, 9.17) is 5.10 Å². The van der Waals surface area contributed by atoms with Gasteiger partial charge in [-0.2, -0.15) is 9.61 Å². The number of benzene rings is 2. The third kappa shape index (κ3) is 2.19. The molecule has 0 fully saturated rings. The van der Waals surface area contributed by atoms with Crippen molar-refractivity contribution < 1.29 is 0 Å². The van der Waals surface area contributed by atoms with Gasteiger partial charge in [-0.15, -0.1) is 10.2 Å². The normalized spacial score (nSPS) is 11.4. The van der Waals surface area contributed by atoms with E-state index in [-0.39, 0.29) is 5.92 Å². The predicted octanol–water partition coefficient (Wildman–Crippen LogP) is 3.67. The highest BCUT2D eigenvalue weighted by Crippen LogP contribution is 2.34. The van der Waals surface area contributed by atoms with Crippen LogP contribution in [0.1, 0.15) is 27.9 Å². The molecule has 4 aromatic rings. The number of hydrogen-bond donors (Lipinski definition) is 0. The van der Waals surface area contributed by atoms with E-state index in [0.29, 0.717) is 0 Å². The predicted molar refractivity (Wildman–Crippen MR) is 87.2 cm³/mol. The van der Waals surface area contributed by atoms with E-state index in [1.165, 1.54) is 11.1 Å². The molecule has 0 N–H and O–H groups in total. The van der Waals surface area contributed by atoms with Crippen LogP contribution >= 0.6 is 11.3 Å². The van der Waals surface area contributed by atoms with Crippen LogP contribution in [0, 0.1) is 6.92 Å². The van der Waals surface area contributed by atoms with E-state index >= 15 is 0 Å². The summed E-state index contributed by atoms with van der Waals surface area (Å²) in [6.45, 7) is 1.92. The Bertz CT molecular complexity index is 857. The van der Waals surface area contributed by atoms with Gasteiger partial charge in [0.2, 0.25) is 4.96 Å². The minimum atomic E-state index is 0.119. The van der Waals surface area contributed by atoms with Gasteiger partial charge in [-0.25, -0.2) is 0 Å². The maximum Gasteiger partial charge on any atom is 0.234 e. The molecule has 4 nitrogen and oxygen atoms in total. The molecule has 0 aliphatic heterocycles. The smallest absolute Gasteiger partial charge is 0.188 e. The van der Waals surface area contributed by atoms with Gasteiger partial charge in [-0.1, -0.05) is 72.0 Å². The Morgan fingerprint density at radius 2 is 1.45 bits per heavy atom. The molecule has 0 amide bonds. The Labute approximate surface area is 132 Å². The second-order valence-electron chi connectivity index (χ2n) is 5.14. The van der Waals surface area contributed by atoms with Crippen molar-refractivity contribution in [3.8, 4) is 0 Å². The quantitative estimate of drug-likeness (QED) is 0.580. The van der Waals surface area contributed by atoms with E-state index < -0.39 is 0 Å². The van der Waals surface area contributed by atoms with Crippen molar-refractivity contribution in [3.05, 3.63) is 82.6 Å². The highest BCUT2D eigenvalue weighted by atomic mass is 32.1. The van der Waals surface area contributed by atoms with Crippen molar-refractivity contribution in [2.24, 2.45) is 0 Å². The fraction of sp³-hybridized carbons (Fsp3) is 0.118. The first-order valence-corrected chi connectivity index (χ1v) is 7.93. The van der Waals surface area contributed by atoms with Crippen LogP contribution in [-0.2, 0) is 0 Å². The van der Waals surface area contributed by atoms with Crippen LogP contribution in [0.5, 0.6) is 0 Å². The highest BCUT2D eigenvalue weighted by Gasteiger charge is 2.22. The first kappa shape index (κ1) is 13.2. The SMILES string of the molecule is Cc1nnc2sc(C(c3ccccc3)c3ccccc3)nn12. The zero-order valence-corrected chi connectivity index (χ0v) is 12.9. The first-order chi connectivity index (χ1) is 10.8. The molecule has 2 aromatic heterocycles. The molecule has 0 aliphatic carbocycles. The van der Waals surface area contributed by atoms with E-state index in [1.807, 2.05) is 23.6 Å². The zero-order chi connectivity index (χ0) is 14.9. The molecular formula is C17H14N4S. The number of aryl methyl sites for hydroxylation is 1. The van der Waals surface area contributed by atoms with Gasteiger partial charge in [0.1, 0.15) is 5.01 Å². The summed E-state index contributed by atoms with van der Waals surface area (Å²) < 4.78 is 1.82. The molecule has 0 saturated heterocycles. The summed E-state index contributed by atoms with van der Waals surface area (Å²) in [5, 5.41) is 14.0. The Balaban J connectivity index is 1.90. The van der Waals surface area contributed by atoms with Crippen LogP contribution in [0.4, 0.5) is 0 Å². The molecule has 4 rings (SSSR count). The number of nitrogens with zero attached hydrogens (tertiary/aromatic N) is 4. The molecule has 2 heterocycles. The molecule has 108 valence electrons. The zero-order valence-electron chi connectivity index (χ0n) is 12.0. The Kier molecular flexibility index (Phi) is 3.20. The molecule has 0 aliphatic rings. The minimum absolute atomic E-state index is 0.119. The van der Waals surface area contributed by atoms with Gasteiger partial charge in [0.05, 0.1) is 5.92 Å². The van der Waals surface area contributed by atoms with Gasteiger partial charge in [0, 0.05) is 0 Å². The van der Waals surface area contributed by atoms with Crippen LogP contribution < -0.4 is 0 Å². The Morgan fingerprint density at radius 3 is 2.00 bits per heavy atom. The number of rotatable bonds is 3. The molecule has 2 aromatic carbocycles. The van der Waals surface area contributed by atoms with Crippen LogP contribution in [0.2, 0.25) is 0 Å². The van der Waals surface area contributed by atoms with Crippen molar-refractivity contribution >= 4 is 16.3 Å². The van der Waals surface area contributed by atoms with Gasteiger partial charge in [0.15, 0.2) is 5.82 Å². The van der Waals surface area contributed by atoms with Crippen molar-refractivity contribution in [3.63, 3.8) is 0 Å². The van der Waals surface area contributed by atoms with Crippen molar-refractivity contribution in [2.45, 2.75) is 12.8 Å². The topological polar surface area (TPSA) is 43.1 Å². The fourth-order valence-electron chi connectivity index (χ4n) is 2.61. The van der Waals surface area contributed by atoms with Crippen molar-refractivity contribution in [2.75, 3.05) is 0 Å². The second kappa shape index (κ2) is 5.35. The lowest BCUT2D eigenvalue weighted by molar-refractivity contribution is 0.830. The molecule has 0 bridgehead atoms. The maximum atomic E-state index is 4.74. The summed E-state index contributed by atoms with van der Waals surface area (Å²) in [5.74, 6) is 0.936. The van der Waals surface area contributed by atoms with Gasteiger partial charge in [0.25, 0.3) is 0 Å². The van der Waals surface area contributed by atoms with Gasteiger partial charge >= 0.3 is 0 Å². The fourth-order valence-corrected chi connectivity index (χ4v) is 3.66. The molecule has 0 unspecified atom stereocenters. The first-order valence-electron chi connectivity index (χ1n) is 7.11. The van der Waals surface area contributed by atoms with E-state index in [1.54, 1.807) is 11.3 Å². The van der Waals surface area contributed by atoms with E-state index in [0.717, 1.165) is 15.8 Å². The monoisotopic (exact) mass is 306 g/mol. The van der Waals surface area contributed by atoms with Gasteiger partial charge < -0.3 is 0 Å². The van der Waals surface area contributed by atoms with Gasteiger partial charge in [-0.05, 0) is 18.1 Å². The van der Waals surface area contributed by atoms with E-state index in [9.17, 15) is 0 Å². The van der Waals surface area contributed by atoms with Crippen LogP contribution in [0.3, 0.4) is 0 Å². The summed E-state index contributed by atoms with van der Waals surface area (Å²) in [6, 6.07) is 20.9. The maximum absolute atomic E-state index is 4.74. The summed E-state index contributed by atoms with van der Waals surface area (Å²) in [6.07, 6.45) is 0. The number of hydrogen-bond acceptors (Lipinski definition) is 4. The summed E-state index contributed by atoms with van der Waals surface area (Å²) in [4.78, 5) is 0.837. The Morgan fingerprint density at radius 1 is 0.864 bits per heavy atom.